The smallest absolute Gasteiger partial charge is 0.270 e. The van der Waals surface area contributed by atoms with E-state index in [0.717, 1.165) is 5.56 Å². The van der Waals surface area contributed by atoms with Gasteiger partial charge in [0, 0.05) is 28.2 Å². The number of rotatable bonds is 5. The van der Waals surface area contributed by atoms with Crippen LogP contribution >= 0.6 is 15.9 Å². The number of nitro benzene ring substituents is 1. The summed E-state index contributed by atoms with van der Waals surface area (Å²) < 4.78 is 5.63. The Hall–Kier alpha value is -2.67. The Morgan fingerprint density at radius 3 is 2.70 bits per heavy atom. The summed E-state index contributed by atoms with van der Waals surface area (Å²) in [5, 5.41) is 13.3. The van der Waals surface area contributed by atoms with Crippen LogP contribution in [0.25, 0.3) is 6.08 Å². The number of nitrogens with zero attached hydrogens (tertiary/aromatic N) is 1. The second-order valence-corrected chi connectivity index (χ2v) is 5.34. The minimum absolute atomic E-state index is 0.0561. The molecule has 0 atom stereocenters. The highest BCUT2D eigenvalue weighted by Crippen LogP contribution is 2.27. The van der Waals surface area contributed by atoms with Gasteiger partial charge in [0.25, 0.3) is 5.69 Å². The number of halogens is 1. The lowest BCUT2D eigenvalue weighted by Crippen LogP contribution is -2.08. The van der Waals surface area contributed by atoms with Crippen molar-refractivity contribution in [3.8, 4) is 5.75 Å². The van der Waals surface area contributed by atoms with Gasteiger partial charge in [-0.3, -0.25) is 14.9 Å². The predicted octanol–water partition coefficient (Wildman–Crippen LogP) is 4.02. The van der Waals surface area contributed by atoms with Crippen molar-refractivity contribution in [3.05, 3.63) is 68.7 Å². The van der Waals surface area contributed by atoms with Crippen LogP contribution in [-0.2, 0) is 4.79 Å². The average Bonchev–Trinajstić information content (AvgIpc) is 2.54. The molecule has 0 spiro atoms. The molecule has 0 saturated heterocycles. The fourth-order valence-corrected chi connectivity index (χ4v) is 2.33. The molecule has 0 bridgehead atoms. The van der Waals surface area contributed by atoms with Crippen LogP contribution in [0.4, 0.5) is 11.4 Å². The van der Waals surface area contributed by atoms with Gasteiger partial charge in [-0.25, -0.2) is 0 Å². The first-order valence-electron chi connectivity index (χ1n) is 6.57. The molecule has 0 radical (unpaired) electrons. The van der Waals surface area contributed by atoms with Crippen molar-refractivity contribution >= 4 is 39.3 Å². The minimum atomic E-state index is -0.502. The van der Waals surface area contributed by atoms with Gasteiger partial charge in [-0.1, -0.05) is 18.2 Å². The highest BCUT2D eigenvalue weighted by Gasteiger charge is 2.10. The maximum Gasteiger partial charge on any atom is 0.270 e. The summed E-state index contributed by atoms with van der Waals surface area (Å²) >= 11 is 3.20. The first-order valence-corrected chi connectivity index (χ1v) is 7.36. The van der Waals surface area contributed by atoms with Gasteiger partial charge in [0.2, 0.25) is 5.91 Å². The largest absolute Gasteiger partial charge is 0.496 e. The zero-order valence-corrected chi connectivity index (χ0v) is 13.7. The molecule has 7 heteroatoms. The number of hydrogen-bond acceptors (Lipinski definition) is 4. The Balaban J connectivity index is 2.10. The van der Waals surface area contributed by atoms with Gasteiger partial charge in [-0.15, -0.1) is 0 Å². The Morgan fingerprint density at radius 1 is 1.30 bits per heavy atom. The Kier molecular flexibility index (Phi) is 5.48. The van der Waals surface area contributed by atoms with Crippen molar-refractivity contribution in [2.75, 3.05) is 12.4 Å². The summed E-state index contributed by atoms with van der Waals surface area (Å²) in [6, 6.07) is 11.4. The number of carbonyl (C=O) groups excluding carboxylic acids is 1. The number of ether oxygens (including phenoxy) is 1. The first kappa shape index (κ1) is 16.7. The molecule has 1 amide bonds. The van der Waals surface area contributed by atoms with E-state index in [1.165, 1.54) is 24.3 Å². The van der Waals surface area contributed by atoms with Crippen molar-refractivity contribution < 1.29 is 14.5 Å². The molecule has 6 nitrogen and oxygen atoms in total. The Bertz CT molecular complexity index is 774. The van der Waals surface area contributed by atoms with Gasteiger partial charge < -0.3 is 10.1 Å². The van der Waals surface area contributed by atoms with E-state index in [-0.39, 0.29) is 11.6 Å². The Labute approximate surface area is 141 Å². The minimum Gasteiger partial charge on any atom is -0.496 e. The van der Waals surface area contributed by atoms with Crippen LogP contribution < -0.4 is 10.1 Å². The summed E-state index contributed by atoms with van der Waals surface area (Å²) in [5.41, 5.74) is 1.16. The van der Waals surface area contributed by atoms with Gasteiger partial charge in [0.05, 0.1) is 17.7 Å². The summed E-state index contributed by atoms with van der Waals surface area (Å²) in [7, 11) is 1.56. The number of benzene rings is 2. The van der Waals surface area contributed by atoms with Gasteiger partial charge >= 0.3 is 0 Å². The monoisotopic (exact) mass is 376 g/mol. The summed E-state index contributed by atoms with van der Waals surface area (Å²) in [5.74, 6) is 0.304. The number of amides is 1. The van der Waals surface area contributed by atoms with E-state index < -0.39 is 4.92 Å². The van der Waals surface area contributed by atoms with E-state index >= 15 is 0 Å². The summed E-state index contributed by atoms with van der Waals surface area (Å²) in [4.78, 5) is 22.1. The third-order valence-electron chi connectivity index (χ3n) is 2.97. The van der Waals surface area contributed by atoms with Crippen molar-refractivity contribution in [3.63, 3.8) is 0 Å². The molecule has 1 N–H and O–H groups in total. The molecule has 0 saturated carbocycles. The van der Waals surface area contributed by atoms with Crippen LogP contribution in [0, 0.1) is 10.1 Å². The molecule has 23 heavy (non-hydrogen) atoms. The van der Waals surface area contributed by atoms with E-state index in [2.05, 4.69) is 21.2 Å². The third kappa shape index (κ3) is 4.40. The number of nitro groups is 1. The fraction of sp³-hybridized carbons (Fsp3) is 0.0625. The zero-order valence-electron chi connectivity index (χ0n) is 12.2. The molecule has 0 fully saturated rings. The van der Waals surface area contributed by atoms with Crippen LogP contribution in [0.3, 0.4) is 0 Å². The number of carbonyl (C=O) groups is 1. The van der Waals surface area contributed by atoms with Gasteiger partial charge in [-0.2, -0.15) is 0 Å². The normalized spacial score (nSPS) is 10.5. The van der Waals surface area contributed by atoms with Crippen LogP contribution in [-0.4, -0.2) is 17.9 Å². The molecular weight excluding hydrogens is 364 g/mol. The SMILES string of the molecule is COc1ccccc1C=CC(=O)Nc1ccc([N+](=O)[O-])cc1Br. The summed E-state index contributed by atoms with van der Waals surface area (Å²) in [6.07, 6.45) is 3.00. The Morgan fingerprint density at radius 2 is 2.04 bits per heavy atom. The third-order valence-corrected chi connectivity index (χ3v) is 3.63. The molecule has 118 valence electrons. The van der Waals surface area contributed by atoms with E-state index in [1.54, 1.807) is 19.3 Å². The summed E-state index contributed by atoms with van der Waals surface area (Å²) in [6.45, 7) is 0. The van der Waals surface area contributed by atoms with Gasteiger partial charge in [0.1, 0.15) is 5.75 Å². The van der Waals surface area contributed by atoms with E-state index in [1.807, 2.05) is 18.2 Å². The second-order valence-electron chi connectivity index (χ2n) is 4.49. The first-order chi connectivity index (χ1) is 11.0. The molecule has 0 aliphatic rings. The molecule has 2 rings (SSSR count). The van der Waals surface area contributed by atoms with E-state index in [9.17, 15) is 14.9 Å². The molecule has 2 aromatic rings. The van der Waals surface area contributed by atoms with Gasteiger partial charge in [0.15, 0.2) is 0 Å². The molecular formula is C16H13BrN2O4. The topological polar surface area (TPSA) is 81.5 Å². The second kappa shape index (κ2) is 7.55. The molecule has 0 aliphatic heterocycles. The predicted molar refractivity (Wildman–Crippen MR) is 91.5 cm³/mol. The number of non-ortho nitro benzene ring substituents is 1. The highest BCUT2D eigenvalue weighted by atomic mass is 79.9. The van der Waals surface area contributed by atoms with Crippen molar-refractivity contribution in [1.82, 2.24) is 0 Å². The molecule has 0 aliphatic carbocycles. The maximum atomic E-state index is 12.0. The number of nitrogens with one attached hydrogen (secondary N) is 1. The van der Waals surface area contributed by atoms with Crippen molar-refractivity contribution in [2.24, 2.45) is 0 Å². The van der Waals surface area contributed by atoms with Crippen LogP contribution in [0.5, 0.6) is 5.75 Å². The van der Waals surface area contributed by atoms with Gasteiger partial charge in [-0.05, 0) is 34.1 Å². The lowest BCUT2D eigenvalue weighted by Gasteiger charge is -2.05. The number of hydrogen-bond donors (Lipinski definition) is 1. The van der Waals surface area contributed by atoms with Crippen LogP contribution in [0.1, 0.15) is 5.56 Å². The highest BCUT2D eigenvalue weighted by molar-refractivity contribution is 9.10. The molecule has 2 aromatic carbocycles. The number of anilines is 1. The fourth-order valence-electron chi connectivity index (χ4n) is 1.86. The van der Waals surface area contributed by atoms with Crippen molar-refractivity contribution in [2.45, 2.75) is 0 Å². The van der Waals surface area contributed by atoms with E-state index in [0.29, 0.717) is 15.9 Å². The lowest BCUT2D eigenvalue weighted by atomic mass is 10.2. The maximum absolute atomic E-state index is 12.0. The lowest BCUT2D eigenvalue weighted by molar-refractivity contribution is -0.384. The molecule has 0 heterocycles. The van der Waals surface area contributed by atoms with E-state index in [4.69, 9.17) is 4.74 Å². The number of para-hydroxylation sites is 1. The zero-order chi connectivity index (χ0) is 16.8. The molecule has 0 aromatic heterocycles. The molecule has 0 unspecified atom stereocenters. The van der Waals surface area contributed by atoms with Crippen molar-refractivity contribution in [1.29, 1.82) is 0 Å². The number of methoxy groups -OCH3 is 1. The van der Waals surface area contributed by atoms with Crippen LogP contribution in [0.15, 0.2) is 53.0 Å². The standard InChI is InChI=1S/C16H13BrN2O4/c1-23-15-5-3-2-4-11(15)6-9-16(20)18-14-8-7-12(19(21)22)10-13(14)17/h2-10H,1H3,(H,18,20). The average molecular weight is 377 g/mol. The quantitative estimate of drug-likeness (QED) is 0.485. The van der Waals surface area contributed by atoms with Crippen LogP contribution in [0.2, 0.25) is 0 Å².